The van der Waals surface area contributed by atoms with Gasteiger partial charge in [0.25, 0.3) is 5.91 Å². The number of sulfonamides is 1. The van der Waals surface area contributed by atoms with Gasteiger partial charge in [-0.2, -0.15) is 4.72 Å². The highest BCUT2D eigenvalue weighted by Gasteiger charge is 2.23. The van der Waals surface area contributed by atoms with Crippen LogP contribution in [0.15, 0.2) is 53.4 Å². The van der Waals surface area contributed by atoms with E-state index in [1.165, 1.54) is 31.4 Å². The lowest BCUT2D eigenvalue weighted by Gasteiger charge is -2.26. The molecule has 0 radical (unpaired) electrons. The number of nitrogens with zero attached hydrogens (tertiary/aromatic N) is 1. The molecule has 2 N–H and O–H groups in total. The van der Waals surface area contributed by atoms with Crippen molar-refractivity contribution in [2.75, 3.05) is 18.6 Å². The van der Waals surface area contributed by atoms with Crippen molar-refractivity contribution in [2.45, 2.75) is 36.7 Å². The number of aldehydes is 1. The average Bonchev–Trinajstić information content (AvgIpc) is 2.79. The molecule has 2 aromatic rings. The minimum atomic E-state index is -3.99. The van der Waals surface area contributed by atoms with E-state index in [1.807, 2.05) is 0 Å². The first kappa shape index (κ1) is 23.4. The third-order valence-corrected chi connectivity index (χ3v) is 6.56. The van der Waals surface area contributed by atoms with Gasteiger partial charge in [0.1, 0.15) is 18.2 Å². The summed E-state index contributed by atoms with van der Waals surface area (Å²) in [7, 11) is -2.52. The Morgan fingerprint density at radius 1 is 1.12 bits per heavy atom. The van der Waals surface area contributed by atoms with Gasteiger partial charge in [0.15, 0.2) is 0 Å². The number of anilines is 1. The summed E-state index contributed by atoms with van der Waals surface area (Å²) in [6.45, 7) is 0.638. The Kier molecular flexibility index (Phi) is 7.60. The van der Waals surface area contributed by atoms with E-state index < -0.39 is 22.1 Å². The van der Waals surface area contributed by atoms with Gasteiger partial charge in [-0.25, -0.2) is 8.42 Å². The van der Waals surface area contributed by atoms with E-state index in [9.17, 15) is 22.8 Å². The second-order valence-electron chi connectivity index (χ2n) is 7.27. The highest BCUT2D eigenvalue weighted by molar-refractivity contribution is 7.89. The quantitative estimate of drug-likeness (QED) is 0.436. The van der Waals surface area contributed by atoms with Crippen LogP contribution >= 0.6 is 0 Å². The van der Waals surface area contributed by atoms with Gasteiger partial charge < -0.3 is 19.7 Å². The Labute approximate surface area is 186 Å². The zero-order chi connectivity index (χ0) is 23.1. The molecule has 32 heavy (non-hydrogen) atoms. The van der Waals surface area contributed by atoms with Crippen LogP contribution in [-0.4, -0.2) is 46.3 Å². The van der Waals surface area contributed by atoms with Gasteiger partial charge >= 0.3 is 0 Å². The largest absolute Gasteiger partial charge is 0.497 e. The summed E-state index contributed by atoms with van der Waals surface area (Å²) in [6, 6.07) is 12.2. The molecule has 10 heteroatoms. The van der Waals surface area contributed by atoms with E-state index in [1.54, 1.807) is 29.2 Å². The lowest BCUT2D eigenvalue weighted by atomic mass is 10.1. The number of rotatable bonds is 9. The van der Waals surface area contributed by atoms with E-state index in [0.29, 0.717) is 30.7 Å². The molecule has 1 aliphatic heterocycles. The minimum absolute atomic E-state index is 0.0287. The van der Waals surface area contributed by atoms with Crippen molar-refractivity contribution >= 4 is 33.8 Å². The summed E-state index contributed by atoms with van der Waals surface area (Å²) < 4.78 is 32.6. The summed E-state index contributed by atoms with van der Waals surface area (Å²) >= 11 is 0. The van der Waals surface area contributed by atoms with Crippen molar-refractivity contribution < 1.29 is 27.5 Å². The number of amides is 2. The minimum Gasteiger partial charge on any atom is -0.497 e. The fourth-order valence-corrected chi connectivity index (χ4v) is 4.52. The fraction of sp³-hybridized carbons (Fsp3) is 0.318. The van der Waals surface area contributed by atoms with Gasteiger partial charge in [-0.1, -0.05) is 0 Å². The topological polar surface area (TPSA) is 122 Å². The Morgan fingerprint density at radius 2 is 1.81 bits per heavy atom. The van der Waals surface area contributed by atoms with Gasteiger partial charge in [-0.3, -0.25) is 9.59 Å². The predicted molar refractivity (Wildman–Crippen MR) is 118 cm³/mol. The maximum Gasteiger partial charge on any atom is 0.252 e. The number of methoxy groups -OCH3 is 1. The zero-order valence-electron chi connectivity index (χ0n) is 17.6. The Bertz CT molecular complexity index is 1070. The van der Waals surface area contributed by atoms with Crippen LogP contribution in [0.25, 0.3) is 0 Å². The molecule has 1 heterocycles. The molecule has 9 nitrogen and oxygen atoms in total. The van der Waals surface area contributed by atoms with E-state index in [4.69, 9.17) is 4.74 Å². The molecule has 1 unspecified atom stereocenters. The van der Waals surface area contributed by atoms with Gasteiger partial charge in [0.05, 0.1) is 12.0 Å². The molecule has 2 aromatic carbocycles. The van der Waals surface area contributed by atoms with Gasteiger partial charge in [0.2, 0.25) is 15.9 Å². The molecule has 170 valence electrons. The molecule has 0 bridgehead atoms. The van der Waals surface area contributed by atoms with E-state index in [0.717, 1.165) is 12.8 Å². The third-order valence-electron chi connectivity index (χ3n) is 5.07. The van der Waals surface area contributed by atoms with Crippen molar-refractivity contribution in [3.8, 4) is 5.75 Å². The number of ether oxygens (including phenoxy) is 1. The maximum absolute atomic E-state index is 12.6. The summed E-state index contributed by atoms with van der Waals surface area (Å²) in [6.07, 6.45) is 1.45. The molecule has 1 fully saturated rings. The number of carbonyl (C=O) groups excluding carboxylic acids is 3. The fourth-order valence-electron chi connectivity index (χ4n) is 3.36. The molecular formula is C22H25N3O6S. The molecule has 0 saturated carbocycles. The lowest BCUT2D eigenvalue weighted by molar-refractivity contribution is -0.119. The Morgan fingerprint density at radius 3 is 2.41 bits per heavy atom. The molecule has 1 aliphatic rings. The number of carbonyl (C=O) groups is 3. The number of nitrogens with one attached hydrogen (secondary N) is 2. The van der Waals surface area contributed by atoms with Crippen LogP contribution in [0.4, 0.5) is 5.69 Å². The van der Waals surface area contributed by atoms with Crippen LogP contribution in [0.3, 0.4) is 0 Å². The van der Waals surface area contributed by atoms with Gasteiger partial charge in [0, 0.05) is 30.6 Å². The third kappa shape index (κ3) is 5.71. The first-order valence-electron chi connectivity index (χ1n) is 10.2. The smallest absolute Gasteiger partial charge is 0.252 e. The Balaban J connectivity index is 1.68. The highest BCUT2D eigenvalue weighted by Crippen LogP contribution is 2.21. The second kappa shape index (κ2) is 10.4. The van der Waals surface area contributed by atoms with Crippen LogP contribution in [-0.2, 0) is 19.6 Å². The first-order valence-corrected chi connectivity index (χ1v) is 11.6. The summed E-state index contributed by atoms with van der Waals surface area (Å²) in [5.41, 5.74) is 0.980. The molecule has 0 spiro atoms. The van der Waals surface area contributed by atoms with E-state index >= 15 is 0 Å². The van der Waals surface area contributed by atoms with E-state index in [2.05, 4.69) is 10.0 Å². The predicted octanol–water partition coefficient (Wildman–Crippen LogP) is 1.84. The number of piperidine rings is 1. The average molecular weight is 460 g/mol. The summed E-state index contributed by atoms with van der Waals surface area (Å²) in [5, 5.41) is 2.52. The molecule has 1 saturated heterocycles. The van der Waals surface area contributed by atoms with Crippen molar-refractivity contribution in [1.82, 2.24) is 10.0 Å². The molecule has 0 aromatic heterocycles. The molecular weight excluding hydrogens is 434 g/mol. The SMILES string of the molecule is COc1ccc(S(=O)(=O)NC(CC=O)NC(=O)c2ccc(N3CCCCC3=O)cc2)cc1. The first-order chi connectivity index (χ1) is 15.3. The van der Waals surface area contributed by atoms with Crippen molar-refractivity contribution in [1.29, 1.82) is 0 Å². The van der Waals surface area contributed by atoms with Crippen molar-refractivity contribution in [3.63, 3.8) is 0 Å². The summed E-state index contributed by atoms with van der Waals surface area (Å²) in [5.74, 6) is -0.00497. The van der Waals surface area contributed by atoms with Crippen molar-refractivity contribution in [2.24, 2.45) is 0 Å². The van der Waals surface area contributed by atoms with Crippen LogP contribution in [0, 0.1) is 0 Å². The van der Waals surface area contributed by atoms with Crippen LogP contribution in [0.5, 0.6) is 5.75 Å². The van der Waals surface area contributed by atoms with Gasteiger partial charge in [-0.05, 0) is 61.4 Å². The standard InChI is InChI=1S/C22H25N3O6S/c1-31-18-9-11-19(12-10-18)32(29,30)24-20(13-15-26)23-22(28)16-5-7-17(8-6-16)25-14-3-2-4-21(25)27/h5-12,15,20,24H,2-4,13-14H2,1H3,(H,23,28). The molecule has 3 rings (SSSR count). The monoisotopic (exact) mass is 459 g/mol. The van der Waals surface area contributed by atoms with Crippen LogP contribution in [0.1, 0.15) is 36.0 Å². The maximum atomic E-state index is 12.6. The van der Waals surface area contributed by atoms with Crippen LogP contribution < -0.4 is 19.7 Å². The number of hydrogen-bond acceptors (Lipinski definition) is 6. The highest BCUT2D eigenvalue weighted by atomic mass is 32.2. The zero-order valence-corrected chi connectivity index (χ0v) is 18.4. The molecule has 0 aliphatic carbocycles. The van der Waals surface area contributed by atoms with E-state index in [-0.39, 0.29) is 22.8 Å². The number of benzene rings is 2. The van der Waals surface area contributed by atoms with Crippen LogP contribution in [0.2, 0.25) is 0 Å². The number of hydrogen-bond donors (Lipinski definition) is 2. The lowest BCUT2D eigenvalue weighted by Crippen LogP contribution is -2.48. The normalized spacial score (nSPS) is 15.2. The summed E-state index contributed by atoms with van der Waals surface area (Å²) in [4.78, 5) is 37.4. The van der Waals surface area contributed by atoms with Gasteiger partial charge in [-0.15, -0.1) is 0 Å². The second-order valence-corrected chi connectivity index (χ2v) is 8.99. The molecule has 2 amide bonds. The molecule has 1 atom stereocenters. The van der Waals surface area contributed by atoms with Crippen molar-refractivity contribution in [3.05, 3.63) is 54.1 Å². The Hall–Kier alpha value is -3.24.